The molecule has 6 heteroatoms. The van der Waals surface area contributed by atoms with Crippen LogP contribution < -0.4 is 11.1 Å². The molecule has 0 aliphatic carbocycles. The summed E-state index contributed by atoms with van der Waals surface area (Å²) >= 11 is 0. The quantitative estimate of drug-likeness (QED) is 0.754. The van der Waals surface area contributed by atoms with E-state index in [2.05, 4.69) is 5.32 Å². The van der Waals surface area contributed by atoms with E-state index in [-0.39, 0.29) is 24.9 Å². The highest BCUT2D eigenvalue weighted by Crippen LogP contribution is 2.14. The predicted octanol–water partition coefficient (Wildman–Crippen LogP) is 1.96. The second-order valence-corrected chi connectivity index (χ2v) is 4.50. The second kappa shape index (κ2) is 10.2. The van der Waals surface area contributed by atoms with Gasteiger partial charge in [-0.1, -0.05) is 43.7 Å². The Kier molecular flexibility index (Phi) is 9.41. The summed E-state index contributed by atoms with van der Waals surface area (Å²) in [6.45, 7) is 3.94. The van der Waals surface area contributed by atoms with Crippen molar-refractivity contribution in [3.63, 3.8) is 0 Å². The first-order valence-corrected chi connectivity index (χ1v) is 6.87. The molecule has 0 aliphatic rings. The number of ether oxygens (including phenoxy) is 1. The molecule has 1 aromatic carbocycles. The lowest BCUT2D eigenvalue weighted by molar-refractivity contribution is -0.147. The van der Waals surface area contributed by atoms with Crippen molar-refractivity contribution in [2.75, 3.05) is 6.61 Å². The molecular weight excluding hydrogens is 292 g/mol. The number of nitrogens with two attached hydrogens (primary N) is 1. The van der Waals surface area contributed by atoms with Gasteiger partial charge in [0.1, 0.15) is 0 Å². The number of rotatable bonds is 7. The van der Waals surface area contributed by atoms with Gasteiger partial charge < -0.3 is 15.8 Å². The van der Waals surface area contributed by atoms with Crippen LogP contribution in [0.3, 0.4) is 0 Å². The van der Waals surface area contributed by atoms with Crippen molar-refractivity contribution >= 4 is 24.3 Å². The minimum absolute atomic E-state index is 0. The van der Waals surface area contributed by atoms with Crippen molar-refractivity contribution in [2.45, 2.75) is 38.8 Å². The summed E-state index contributed by atoms with van der Waals surface area (Å²) in [4.78, 5) is 24.0. The third-order valence-electron chi connectivity index (χ3n) is 2.88. The zero-order valence-corrected chi connectivity index (χ0v) is 13.2. The maximum atomic E-state index is 12.0. The van der Waals surface area contributed by atoms with Gasteiger partial charge in [0.05, 0.1) is 12.6 Å². The molecule has 3 N–H and O–H groups in total. The smallest absolute Gasteiger partial charge is 0.333 e. The molecule has 1 amide bonds. The average molecular weight is 315 g/mol. The first kappa shape index (κ1) is 19.4. The van der Waals surface area contributed by atoms with Crippen LogP contribution in [0.1, 0.15) is 38.3 Å². The van der Waals surface area contributed by atoms with Crippen LogP contribution in [-0.4, -0.2) is 24.5 Å². The van der Waals surface area contributed by atoms with Crippen molar-refractivity contribution in [1.29, 1.82) is 0 Å². The van der Waals surface area contributed by atoms with Gasteiger partial charge in [-0.15, -0.1) is 12.4 Å². The van der Waals surface area contributed by atoms with Crippen molar-refractivity contribution in [3.05, 3.63) is 35.9 Å². The minimum Gasteiger partial charge on any atom is -0.464 e. The Labute approximate surface area is 131 Å². The number of carbonyl (C=O) groups excluding carboxylic acids is 2. The van der Waals surface area contributed by atoms with Gasteiger partial charge in [-0.2, -0.15) is 0 Å². The number of carbonyl (C=O) groups is 2. The highest BCUT2D eigenvalue weighted by molar-refractivity contribution is 5.88. The fourth-order valence-corrected chi connectivity index (χ4v) is 1.84. The highest BCUT2D eigenvalue weighted by Gasteiger charge is 2.25. The van der Waals surface area contributed by atoms with Crippen molar-refractivity contribution in [3.8, 4) is 0 Å². The van der Waals surface area contributed by atoms with Crippen LogP contribution in [-0.2, 0) is 14.3 Å². The van der Waals surface area contributed by atoms with Gasteiger partial charge in [0.2, 0.25) is 5.91 Å². The van der Waals surface area contributed by atoms with E-state index in [1.807, 2.05) is 13.0 Å². The number of amides is 1. The van der Waals surface area contributed by atoms with Gasteiger partial charge in [-0.05, 0) is 18.9 Å². The van der Waals surface area contributed by atoms with E-state index < -0.39 is 18.1 Å². The Morgan fingerprint density at radius 2 is 1.86 bits per heavy atom. The van der Waals surface area contributed by atoms with Gasteiger partial charge in [0.25, 0.3) is 0 Å². The molecule has 0 spiro atoms. The van der Waals surface area contributed by atoms with E-state index in [1.54, 1.807) is 31.2 Å². The monoisotopic (exact) mass is 314 g/mol. The molecule has 21 heavy (non-hydrogen) atoms. The third kappa shape index (κ3) is 6.14. The summed E-state index contributed by atoms with van der Waals surface area (Å²) in [6.07, 6.45) is 1.39. The van der Waals surface area contributed by atoms with Crippen molar-refractivity contribution in [1.82, 2.24) is 5.32 Å². The van der Waals surface area contributed by atoms with E-state index in [4.69, 9.17) is 10.5 Å². The van der Waals surface area contributed by atoms with E-state index in [0.29, 0.717) is 12.0 Å². The topological polar surface area (TPSA) is 81.4 Å². The first-order valence-electron chi connectivity index (χ1n) is 6.87. The molecule has 1 aromatic rings. The summed E-state index contributed by atoms with van der Waals surface area (Å²) in [5.74, 6) is -0.815. The van der Waals surface area contributed by atoms with Gasteiger partial charge in [0.15, 0.2) is 6.04 Å². The summed E-state index contributed by atoms with van der Waals surface area (Å²) in [6, 6.07) is 7.57. The van der Waals surface area contributed by atoms with Gasteiger partial charge >= 0.3 is 5.97 Å². The molecule has 2 atom stereocenters. The molecule has 0 bridgehead atoms. The number of halogens is 1. The Morgan fingerprint density at radius 3 is 2.38 bits per heavy atom. The molecule has 1 unspecified atom stereocenters. The van der Waals surface area contributed by atoms with Gasteiger partial charge in [-0.3, -0.25) is 4.79 Å². The Morgan fingerprint density at radius 1 is 1.24 bits per heavy atom. The lowest BCUT2D eigenvalue weighted by Crippen LogP contribution is -2.44. The SMILES string of the molecule is CCCC(N)C(=O)N[C@@H](C(=O)OCC)c1ccccc1.Cl. The molecule has 0 aromatic heterocycles. The summed E-state index contributed by atoms with van der Waals surface area (Å²) < 4.78 is 5.00. The Bertz CT molecular complexity index is 440. The zero-order valence-electron chi connectivity index (χ0n) is 12.4. The van der Waals surface area contributed by atoms with Gasteiger partial charge in [-0.25, -0.2) is 4.79 Å². The average Bonchev–Trinajstić information content (AvgIpc) is 2.45. The molecule has 1 rings (SSSR count). The minimum atomic E-state index is -0.813. The summed E-state index contributed by atoms with van der Waals surface area (Å²) in [5, 5.41) is 2.66. The van der Waals surface area contributed by atoms with Crippen LogP contribution in [0.4, 0.5) is 0 Å². The van der Waals surface area contributed by atoms with Crippen molar-refractivity contribution < 1.29 is 14.3 Å². The van der Waals surface area contributed by atoms with Crippen LogP contribution in [0.15, 0.2) is 30.3 Å². The molecule has 118 valence electrons. The van der Waals surface area contributed by atoms with Crippen LogP contribution in [0.5, 0.6) is 0 Å². The lowest BCUT2D eigenvalue weighted by Gasteiger charge is -2.19. The Hall–Kier alpha value is -1.59. The predicted molar refractivity (Wildman–Crippen MR) is 84.1 cm³/mol. The maximum Gasteiger partial charge on any atom is 0.333 e. The fourth-order valence-electron chi connectivity index (χ4n) is 1.84. The van der Waals surface area contributed by atoms with Crippen LogP contribution >= 0.6 is 12.4 Å². The molecule has 0 saturated heterocycles. The van der Waals surface area contributed by atoms with Gasteiger partial charge in [0, 0.05) is 0 Å². The summed E-state index contributed by atoms with van der Waals surface area (Å²) in [5.41, 5.74) is 6.45. The highest BCUT2D eigenvalue weighted by atomic mass is 35.5. The largest absolute Gasteiger partial charge is 0.464 e. The molecule has 5 nitrogen and oxygen atoms in total. The van der Waals surface area contributed by atoms with E-state index in [9.17, 15) is 9.59 Å². The number of hydrogen-bond donors (Lipinski definition) is 2. The zero-order chi connectivity index (χ0) is 15.0. The number of hydrogen-bond acceptors (Lipinski definition) is 4. The number of benzene rings is 1. The summed E-state index contributed by atoms with van der Waals surface area (Å²) in [7, 11) is 0. The molecule has 0 aliphatic heterocycles. The second-order valence-electron chi connectivity index (χ2n) is 4.50. The van der Waals surface area contributed by atoms with Crippen LogP contribution in [0.25, 0.3) is 0 Å². The van der Waals surface area contributed by atoms with Crippen molar-refractivity contribution in [2.24, 2.45) is 5.73 Å². The van der Waals surface area contributed by atoms with E-state index in [0.717, 1.165) is 6.42 Å². The van der Waals surface area contributed by atoms with Crippen LogP contribution in [0.2, 0.25) is 0 Å². The fraction of sp³-hybridized carbons (Fsp3) is 0.467. The molecule has 0 saturated carbocycles. The molecule has 0 radical (unpaired) electrons. The standard InChI is InChI=1S/C15H22N2O3.ClH/c1-3-8-12(16)14(18)17-13(15(19)20-4-2)11-9-6-5-7-10-11;/h5-7,9-10,12-13H,3-4,8,16H2,1-2H3,(H,17,18);1H/t12?,13-;/m1./s1. The van der Waals surface area contributed by atoms with E-state index >= 15 is 0 Å². The Balaban J connectivity index is 0.00000400. The van der Waals surface area contributed by atoms with E-state index in [1.165, 1.54) is 0 Å². The third-order valence-corrected chi connectivity index (χ3v) is 2.88. The maximum absolute atomic E-state index is 12.0. The lowest BCUT2D eigenvalue weighted by atomic mass is 10.1. The molecular formula is C15H23ClN2O3. The number of nitrogens with one attached hydrogen (secondary N) is 1. The normalized spacial score (nSPS) is 12.7. The number of esters is 1. The van der Waals surface area contributed by atoms with Crippen LogP contribution in [0, 0.1) is 0 Å². The molecule has 0 fully saturated rings. The first-order chi connectivity index (χ1) is 9.60. The molecule has 0 heterocycles.